The van der Waals surface area contributed by atoms with Crippen LogP contribution in [0.4, 0.5) is 0 Å². The number of aliphatic hydroxyl groups is 1. The fourth-order valence-corrected chi connectivity index (χ4v) is 2.21. The second kappa shape index (κ2) is 15.6. The summed E-state index contributed by atoms with van der Waals surface area (Å²) in [6.07, 6.45) is 2.58. The maximum atomic E-state index is 10.0. The van der Waals surface area contributed by atoms with E-state index in [0.29, 0.717) is 19.1 Å². The first kappa shape index (κ1) is 22.4. The molecule has 0 saturated heterocycles. The molecular weight excluding hydrogens is 330 g/mol. The van der Waals surface area contributed by atoms with Gasteiger partial charge in [0.25, 0.3) is 0 Å². The average molecular weight is 366 g/mol. The highest BCUT2D eigenvalue weighted by molar-refractivity contribution is 5.79. The molecule has 1 aromatic rings. The average Bonchev–Trinajstić information content (AvgIpc) is 2.66. The number of hydrogen-bond donors (Lipinski definition) is 3. The Hall–Kier alpha value is -1.63. The summed E-state index contributed by atoms with van der Waals surface area (Å²) in [7, 11) is 0. The van der Waals surface area contributed by atoms with Crippen LogP contribution < -0.4 is 10.6 Å². The van der Waals surface area contributed by atoms with E-state index in [4.69, 9.17) is 9.47 Å². The van der Waals surface area contributed by atoms with E-state index in [1.165, 1.54) is 0 Å². The number of guanidine groups is 1. The zero-order valence-electron chi connectivity index (χ0n) is 16.2. The van der Waals surface area contributed by atoms with Gasteiger partial charge in [-0.15, -0.1) is 0 Å². The normalized spacial score (nSPS) is 12.8. The summed E-state index contributed by atoms with van der Waals surface area (Å²) in [6.45, 7) is 8.40. The fraction of sp³-hybridized carbons (Fsp3) is 0.650. The molecule has 3 N–H and O–H groups in total. The van der Waals surface area contributed by atoms with E-state index in [9.17, 15) is 5.11 Å². The number of hydrogen-bond acceptors (Lipinski definition) is 4. The third-order valence-electron chi connectivity index (χ3n) is 3.63. The quantitative estimate of drug-likeness (QED) is 0.268. The molecule has 0 fully saturated rings. The highest BCUT2D eigenvalue weighted by Crippen LogP contribution is 2.01. The molecule has 0 saturated carbocycles. The van der Waals surface area contributed by atoms with Gasteiger partial charge in [0.15, 0.2) is 5.96 Å². The van der Waals surface area contributed by atoms with Gasteiger partial charge in [0, 0.05) is 26.3 Å². The zero-order chi connectivity index (χ0) is 18.9. The van der Waals surface area contributed by atoms with Crippen LogP contribution in [-0.4, -0.2) is 56.6 Å². The van der Waals surface area contributed by atoms with Crippen LogP contribution in [0.3, 0.4) is 0 Å². The topological polar surface area (TPSA) is 75.1 Å². The lowest BCUT2D eigenvalue weighted by molar-refractivity contribution is 0.0331. The Bertz CT molecular complexity index is 469. The van der Waals surface area contributed by atoms with Crippen molar-refractivity contribution < 1.29 is 14.6 Å². The number of nitrogens with zero attached hydrogens (tertiary/aromatic N) is 1. The van der Waals surface area contributed by atoms with Crippen molar-refractivity contribution in [2.75, 3.05) is 39.5 Å². The molecule has 1 rings (SSSR count). The van der Waals surface area contributed by atoms with Crippen molar-refractivity contribution in [2.45, 2.75) is 45.8 Å². The van der Waals surface area contributed by atoms with Crippen molar-refractivity contribution >= 4 is 5.96 Å². The summed E-state index contributed by atoms with van der Waals surface area (Å²) < 4.78 is 11.1. The molecule has 1 aromatic carbocycles. The summed E-state index contributed by atoms with van der Waals surface area (Å²) in [5.74, 6) is 0.711. The molecule has 0 amide bonds. The molecule has 0 aliphatic carbocycles. The molecule has 148 valence electrons. The molecule has 0 heterocycles. The maximum Gasteiger partial charge on any atom is 0.191 e. The fourth-order valence-electron chi connectivity index (χ4n) is 2.21. The molecule has 6 nitrogen and oxygen atoms in total. The monoisotopic (exact) mass is 365 g/mol. The summed E-state index contributed by atoms with van der Waals surface area (Å²) in [6, 6.07) is 9.93. The van der Waals surface area contributed by atoms with Crippen molar-refractivity contribution in [3.05, 3.63) is 35.9 Å². The van der Waals surface area contributed by atoms with Gasteiger partial charge in [-0.1, -0.05) is 43.7 Å². The number of benzene rings is 1. The van der Waals surface area contributed by atoms with Gasteiger partial charge in [-0.2, -0.15) is 0 Å². The van der Waals surface area contributed by atoms with E-state index >= 15 is 0 Å². The van der Waals surface area contributed by atoms with Crippen LogP contribution >= 0.6 is 0 Å². The van der Waals surface area contributed by atoms with Gasteiger partial charge >= 0.3 is 0 Å². The highest BCUT2D eigenvalue weighted by atomic mass is 16.5. The SMILES string of the molecule is CCCCOCCCNC(=NCC(O)COCc1ccccc1)NCC. The number of ether oxygens (including phenoxy) is 2. The molecule has 0 spiro atoms. The van der Waals surface area contributed by atoms with E-state index < -0.39 is 6.10 Å². The van der Waals surface area contributed by atoms with E-state index in [1.807, 2.05) is 37.3 Å². The Morgan fingerprint density at radius 2 is 1.85 bits per heavy atom. The first-order chi connectivity index (χ1) is 12.8. The summed E-state index contributed by atoms with van der Waals surface area (Å²) in [5.41, 5.74) is 1.10. The highest BCUT2D eigenvalue weighted by Gasteiger charge is 2.05. The van der Waals surface area contributed by atoms with Crippen LogP contribution in [0, 0.1) is 0 Å². The number of aliphatic hydroxyl groups excluding tert-OH is 1. The molecule has 0 aromatic heterocycles. The van der Waals surface area contributed by atoms with Crippen LogP contribution in [0.25, 0.3) is 0 Å². The van der Waals surface area contributed by atoms with E-state index in [-0.39, 0.29) is 6.61 Å². The minimum absolute atomic E-state index is 0.267. The van der Waals surface area contributed by atoms with Gasteiger partial charge in [0.05, 0.1) is 25.9 Å². The van der Waals surface area contributed by atoms with Gasteiger partial charge in [0.2, 0.25) is 0 Å². The Balaban J connectivity index is 2.18. The maximum absolute atomic E-state index is 10.0. The Morgan fingerprint density at radius 3 is 2.58 bits per heavy atom. The van der Waals surface area contributed by atoms with Crippen molar-refractivity contribution in [3.8, 4) is 0 Å². The van der Waals surface area contributed by atoms with Crippen LogP contribution in [-0.2, 0) is 16.1 Å². The van der Waals surface area contributed by atoms with E-state index in [0.717, 1.165) is 51.1 Å². The van der Waals surface area contributed by atoms with Gasteiger partial charge in [0.1, 0.15) is 0 Å². The smallest absolute Gasteiger partial charge is 0.191 e. The zero-order valence-corrected chi connectivity index (χ0v) is 16.2. The summed E-state index contributed by atoms with van der Waals surface area (Å²) in [5, 5.41) is 16.5. The van der Waals surface area contributed by atoms with Crippen molar-refractivity contribution in [1.29, 1.82) is 0 Å². The summed E-state index contributed by atoms with van der Waals surface area (Å²) >= 11 is 0. The largest absolute Gasteiger partial charge is 0.389 e. The molecule has 1 atom stereocenters. The Morgan fingerprint density at radius 1 is 1.08 bits per heavy atom. The van der Waals surface area contributed by atoms with E-state index in [1.54, 1.807) is 0 Å². The molecule has 1 unspecified atom stereocenters. The van der Waals surface area contributed by atoms with Crippen LogP contribution in [0.1, 0.15) is 38.7 Å². The lowest BCUT2D eigenvalue weighted by Gasteiger charge is -2.13. The van der Waals surface area contributed by atoms with Crippen LogP contribution in [0.15, 0.2) is 35.3 Å². The molecule has 26 heavy (non-hydrogen) atoms. The van der Waals surface area contributed by atoms with Crippen LogP contribution in [0.5, 0.6) is 0 Å². The van der Waals surface area contributed by atoms with Crippen molar-refractivity contribution in [3.63, 3.8) is 0 Å². The van der Waals surface area contributed by atoms with Crippen molar-refractivity contribution in [2.24, 2.45) is 4.99 Å². The third kappa shape index (κ3) is 11.8. The van der Waals surface area contributed by atoms with Crippen molar-refractivity contribution in [1.82, 2.24) is 10.6 Å². The third-order valence-corrected chi connectivity index (χ3v) is 3.63. The Kier molecular flexibility index (Phi) is 13.5. The second-order valence-corrected chi connectivity index (χ2v) is 6.12. The predicted molar refractivity (Wildman–Crippen MR) is 106 cm³/mol. The lowest BCUT2D eigenvalue weighted by Crippen LogP contribution is -2.39. The van der Waals surface area contributed by atoms with E-state index in [2.05, 4.69) is 22.5 Å². The minimum Gasteiger partial charge on any atom is -0.389 e. The van der Waals surface area contributed by atoms with Gasteiger partial charge in [-0.05, 0) is 25.3 Å². The standard InChI is InChI=1S/C20H35N3O3/c1-3-5-13-25-14-9-12-22-20(21-4-2)23-15-19(24)17-26-16-18-10-7-6-8-11-18/h6-8,10-11,19,24H,3-5,9,12-17H2,1-2H3,(H2,21,22,23). The molecular formula is C20H35N3O3. The second-order valence-electron chi connectivity index (χ2n) is 6.12. The van der Waals surface area contributed by atoms with Gasteiger partial charge in [-0.3, -0.25) is 4.99 Å². The number of aliphatic imine (C=N–C) groups is 1. The molecule has 0 aliphatic rings. The lowest BCUT2D eigenvalue weighted by atomic mass is 10.2. The molecule has 0 bridgehead atoms. The number of nitrogens with one attached hydrogen (secondary N) is 2. The molecule has 6 heteroatoms. The Labute approximate surface area is 158 Å². The summed E-state index contributed by atoms with van der Waals surface area (Å²) in [4.78, 5) is 4.41. The van der Waals surface area contributed by atoms with Gasteiger partial charge in [-0.25, -0.2) is 0 Å². The minimum atomic E-state index is -0.619. The van der Waals surface area contributed by atoms with Crippen LogP contribution in [0.2, 0.25) is 0 Å². The van der Waals surface area contributed by atoms with Gasteiger partial charge < -0.3 is 25.2 Å². The number of rotatable bonds is 14. The molecule has 0 aliphatic heterocycles. The first-order valence-electron chi connectivity index (χ1n) is 9.65. The first-order valence-corrected chi connectivity index (χ1v) is 9.65. The molecule has 0 radical (unpaired) electrons. The number of unbranched alkanes of at least 4 members (excludes halogenated alkanes) is 1. The predicted octanol–water partition coefficient (Wildman–Crippen LogP) is 2.33.